The zero-order chi connectivity index (χ0) is 15.0. The molecule has 6 heteroatoms. The van der Waals surface area contributed by atoms with E-state index in [4.69, 9.17) is 0 Å². The molecule has 0 unspecified atom stereocenters. The lowest BCUT2D eigenvalue weighted by Crippen LogP contribution is -2.37. The lowest BCUT2D eigenvalue weighted by molar-refractivity contribution is -0.000404. The van der Waals surface area contributed by atoms with Crippen molar-refractivity contribution in [2.75, 3.05) is 5.32 Å². The van der Waals surface area contributed by atoms with Crippen LogP contribution >= 0.6 is 22.6 Å². The third-order valence-electron chi connectivity index (χ3n) is 4.40. The second-order valence-electron chi connectivity index (χ2n) is 6.42. The van der Waals surface area contributed by atoms with E-state index in [1.165, 1.54) is 0 Å². The number of nitrogens with zero attached hydrogens (tertiary/aromatic N) is 3. The van der Waals surface area contributed by atoms with Gasteiger partial charge >= 0.3 is 0 Å². The van der Waals surface area contributed by atoms with Crippen LogP contribution in [0.2, 0.25) is 0 Å². The molecule has 2 aromatic rings. The number of rotatable bonds is 3. The molecule has 1 aliphatic carbocycles. The predicted molar refractivity (Wildman–Crippen MR) is 91.4 cm³/mol. The Hall–Kier alpha value is -0.890. The minimum Gasteiger partial charge on any atom is -0.390 e. The number of anilines is 1. The molecule has 0 bridgehead atoms. The fourth-order valence-electron chi connectivity index (χ4n) is 3.08. The van der Waals surface area contributed by atoms with E-state index in [0.717, 1.165) is 40.8 Å². The van der Waals surface area contributed by atoms with E-state index in [2.05, 4.69) is 38.0 Å². The molecule has 2 aromatic heterocycles. The summed E-state index contributed by atoms with van der Waals surface area (Å²) in [4.78, 5) is 4.28. The minimum absolute atomic E-state index is 0.403. The van der Waals surface area contributed by atoms with Gasteiger partial charge in [-0.3, -0.25) is 0 Å². The van der Waals surface area contributed by atoms with Crippen molar-refractivity contribution in [3.05, 3.63) is 22.0 Å². The fraction of sp³-hybridized carbons (Fsp3) is 0.600. The van der Waals surface area contributed by atoms with Gasteiger partial charge in [-0.1, -0.05) is 0 Å². The number of halogens is 1. The van der Waals surface area contributed by atoms with Gasteiger partial charge in [-0.2, -0.15) is 0 Å². The number of aromatic nitrogens is 3. The first-order valence-electron chi connectivity index (χ1n) is 7.42. The molecule has 0 spiro atoms. The van der Waals surface area contributed by atoms with Crippen LogP contribution in [0.5, 0.6) is 0 Å². The quantitative estimate of drug-likeness (QED) is 0.778. The first-order valence-corrected chi connectivity index (χ1v) is 8.50. The third-order valence-corrected chi connectivity index (χ3v) is 5.13. The molecule has 0 amide bonds. The number of imidazole rings is 1. The molecular formula is C15H21IN4O. The van der Waals surface area contributed by atoms with E-state index in [1.54, 1.807) is 0 Å². The summed E-state index contributed by atoms with van der Waals surface area (Å²) in [7, 11) is 0. The van der Waals surface area contributed by atoms with Gasteiger partial charge in [-0.15, -0.1) is 5.10 Å². The van der Waals surface area contributed by atoms with Crippen LogP contribution in [-0.2, 0) is 0 Å². The average Bonchev–Trinajstić information content (AvgIpc) is 2.80. The summed E-state index contributed by atoms with van der Waals surface area (Å²) in [5.41, 5.74) is 0.311. The number of hydrogen-bond acceptors (Lipinski definition) is 4. The highest BCUT2D eigenvalue weighted by Crippen LogP contribution is 2.33. The standard InChI is InChI=1S/C15H21IN4O/c1-15(2,21)10-3-5-11(6-4-10)18-13-7-8-14-17-9-12(16)20(14)19-13/h7-11,21H,3-6H2,1-2H3,(H,18,19). The Bertz CT molecular complexity index is 626. The molecule has 2 heterocycles. The molecule has 1 fully saturated rings. The highest BCUT2D eigenvalue weighted by atomic mass is 127. The van der Waals surface area contributed by atoms with Crippen molar-refractivity contribution in [3.8, 4) is 0 Å². The fourth-order valence-corrected chi connectivity index (χ4v) is 3.57. The maximum absolute atomic E-state index is 10.1. The van der Waals surface area contributed by atoms with Crippen LogP contribution in [0.25, 0.3) is 5.65 Å². The van der Waals surface area contributed by atoms with Gasteiger partial charge in [-0.25, -0.2) is 9.50 Å². The van der Waals surface area contributed by atoms with Crippen molar-refractivity contribution in [1.82, 2.24) is 14.6 Å². The molecular weight excluding hydrogens is 379 g/mol. The molecule has 21 heavy (non-hydrogen) atoms. The molecule has 2 N–H and O–H groups in total. The number of hydrogen-bond donors (Lipinski definition) is 2. The van der Waals surface area contributed by atoms with Gasteiger partial charge in [-0.05, 0) is 80.2 Å². The van der Waals surface area contributed by atoms with Crippen molar-refractivity contribution >= 4 is 34.1 Å². The molecule has 1 saturated carbocycles. The van der Waals surface area contributed by atoms with Gasteiger partial charge in [0, 0.05) is 6.04 Å². The van der Waals surface area contributed by atoms with E-state index < -0.39 is 5.60 Å². The monoisotopic (exact) mass is 400 g/mol. The van der Waals surface area contributed by atoms with E-state index in [-0.39, 0.29) is 0 Å². The van der Waals surface area contributed by atoms with Crippen molar-refractivity contribution in [2.45, 2.75) is 51.2 Å². The van der Waals surface area contributed by atoms with E-state index in [1.807, 2.05) is 36.7 Å². The highest BCUT2D eigenvalue weighted by Gasteiger charge is 2.31. The molecule has 114 valence electrons. The van der Waals surface area contributed by atoms with Crippen LogP contribution < -0.4 is 5.32 Å². The molecule has 1 aliphatic rings. The van der Waals surface area contributed by atoms with Crippen LogP contribution in [0.1, 0.15) is 39.5 Å². The molecule has 0 aromatic carbocycles. The number of aliphatic hydroxyl groups is 1. The molecule has 0 aliphatic heterocycles. The zero-order valence-corrected chi connectivity index (χ0v) is 14.5. The van der Waals surface area contributed by atoms with Gasteiger partial charge in [0.05, 0.1) is 11.8 Å². The van der Waals surface area contributed by atoms with E-state index in [9.17, 15) is 5.11 Å². The van der Waals surface area contributed by atoms with Gasteiger partial charge in [0.2, 0.25) is 0 Å². The van der Waals surface area contributed by atoms with Crippen molar-refractivity contribution in [3.63, 3.8) is 0 Å². The van der Waals surface area contributed by atoms with E-state index in [0.29, 0.717) is 12.0 Å². The Labute approximate surface area is 138 Å². The van der Waals surface area contributed by atoms with Crippen LogP contribution in [0, 0.1) is 9.62 Å². The largest absolute Gasteiger partial charge is 0.390 e. The molecule has 0 radical (unpaired) electrons. The van der Waals surface area contributed by atoms with Crippen molar-refractivity contribution in [2.24, 2.45) is 5.92 Å². The lowest BCUT2D eigenvalue weighted by atomic mass is 9.77. The Morgan fingerprint density at radius 3 is 2.67 bits per heavy atom. The first kappa shape index (κ1) is 15.0. The molecule has 0 saturated heterocycles. The third kappa shape index (κ3) is 3.31. The highest BCUT2D eigenvalue weighted by molar-refractivity contribution is 14.1. The topological polar surface area (TPSA) is 62.5 Å². The Balaban J connectivity index is 1.65. The molecule has 3 rings (SSSR count). The average molecular weight is 400 g/mol. The van der Waals surface area contributed by atoms with Gasteiger partial charge in [0.1, 0.15) is 9.52 Å². The van der Waals surface area contributed by atoms with Crippen LogP contribution in [0.3, 0.4) is 0 Å². The second kappa shape index (κ2) is 5.72. The number of fused-ring (bicyclic) bond motifs is 1. The van der Waals surface area contributed by atoms with Gasteiger partial charge in [0.15, 0.2) is 5.65 Å². The van der Waals surface area contributed by atoms with Crippen molar-refractivity contribution < 1.29 is 5.11 Å². The summed E-state index contributed by atoms with van der Waals surface area (Å²) in [6.07, 6.45) is 6.10. The van der Waals surface area contributed by atoms with Crippen molar-refractivity contribution in [1.29, 1.82) is 0 Å². The minimum atomic E-state index is -0.560. The zero-order valence-electron chi connectivity index (χ0n) is 12.4. The van der Waals surface area contributed by atoms with Crippen LogP contribution in [0.15, 0.2) is 18.3 Å². The first-order chi connectivity index (χ1) is 9.93. The lowest BCUT2D eigenvalue weighted by Gasteiger charge is -2.36. The van der Waals surface area contributed by atoms with E-state index >= 15 is 0 Å². The predicted octanol–water partition coefficient (Wildman–Crippen LogP) is 3.08. The summed E-state index contributed by atoms with van der Waals surface area (Å²) in [5.74, 6) is 1.30. The summed E-state index contributed by atoms with van der Waals surface area (Å²) >= 11 is 2.23. The SMILES string of the molecule is CC(C)(O)C1CCC(Nc2ccc3ncc(I)n3n2)CC1. The van der Waals surface area contributed by atoms with Gasteiger partial charge in [0.25, 0.3) is 0 Å². The molecule has 0 atom stereocenters. The maximum Gasteiger partial charge on any atom is 0.154 e. The summed E-state index contributed by atoms with van der Waals surface area (Å²) in [6.45, 7) is 3.84. The Morgan fingerprint density at radius 1 is 1.29 bits per heavy atom. The number of nitrogens with one attached hydrogen (secondary N) is 1. The Kier molecular flexibility index (Phi) is 4.09. The smallest absolute Gasteiger partial charge is 0.154 e. The van der Waals surface area contributed by atoms with Gasteiger partial charge < -0.3 is 10.4 Å². The van der Waals surface area contributed by atoms with Crippen LogP contribution in [-0.4, -0.2) is 31.3 Å². The maximum atomic E-state index is 10.1. The molecule has 5 nitrogen and oxygen atoms in total. The normalized spacial score (nSPS) is 23.4. The van der Waals surface area contributed by atoms with Crippen LogP contribution in [0.4, 0.5) is 5.82 Å². The second-order valence-corrected chi connectivity index (χ2v) is 7.52. The summed E-state index contributed by atoms with van der Waals surface area (Å²) in [5, 5.41) is 18.2. The summed E-state index contributed by atoms with van der Waals surface area (Å²) in [6, 6.07) is 4.41. The summed E-state index contributed by atoms with van der Waals surface area (Å²) < 4.78 is 2.86. The Morgan fingerprint density at radius 2 is 2.00 bits per heavy atom.